The van der Waals surface area contributed by atoms with Crippen molar-refractivity contribution < 1.29 is 9.18 Å². The van der Waals surface area contributed by atoms with Crippen LogP contribution in [0.15, 0.2) is 54.0 Å². The summed E-state index contributed by atoms with van der Waals surface area (Å²) in [7, 11) is 0. The van der Waals surface area contributed by atoms with Gasteiger partial charge in [0.2, 0.25) is 0 Å². The highest BCUT2D eigenvalue weighted by Gasteiger charge is 2.10. The molecule has 0 saturated carbocycles. The van der Waals surface area contributed by atoms with Gasteiger partial charge in [-0.15, -0.1) is 11.3 Å². The Labute approximate surface area is 142 Å². The van der Waals surface area contributed by atoms with E-state index in [4.69, 9.17) is 0 Å². The fraction of sp³-hybridized carbons (Fsp3) is 0.118. The second-order valence-electron chi connectivity index (χ2n) is 5.01. The van der Waals surface area contributed by atoms with Crippen molar-refractivity contribution in [3.63, 3.8) is 0 Å². The second-order valence-corrected chi connectivity index (χ2v) is 5.87. The van der Waals surface area contributed by atoms with E-state index in [1.165, 1.54) is 23.5 Å². The molecule has 3 rings (SSSR count). The zero-order valence-corrected chi connectivity index (χ0v) is 13.5. The van der Waals surface area contributed by atoms with Gasteiger partial charge < -0.3 is 10.6 Å². The number of amides is 1. The minimum absolute atomic E-state index is 0.234. The van der Waals surface area contributed by atoms with E-state index in [9.17, 15) is 9.18 Å². The van der Waals surface area contributed by atoms with Crippen LogP contribution in [0.4, 0.5) is 15.3 Å². The summed E-state index contributed by atoms with van der Waals surface area (Å²) in [5.41, 5.74) is 1.32. The number of carbonyl (C=O) groups excluding carboxylic acids is 1. The van der Waals surface area contributed by atoms with Gasteiger partial charge in [-0.05, 0) is 36.2 Å². The molecular weight excluding hydrogens is 327 g/mol. The summed E-state index contributed by atoms with van der Waals surface area (Å²) < 4.78 is 12.8. The smallest absolute Gasteiger partial charge is 0.270 e. The van der Waals surface area contributed by atoms with Crippen molar-refractivity contribution in [2.45, 2.75) is 6.42 Å². The van der Waals surface area contributed by atoms with Gasteiger partial charge in [-0.2, -0.15) is 0 Å². The number of nitrogens with zero attached hydrogens (tertiary/aromatic N) is 2. The van der Waals surface area contributed by atoms with Crippen LogP contribution in [0.5, 0.6) is 0 Å². The van der Waals surface area contributed by atoms with Crippen molar-refractivity contribution in [1.82, 2.24) is 15.3 Å². The predicted octanol–water partition coefficient (Wildman–Crippen LogP) is 3.39. The Hall–Kier alpha value is -2.80. The van der Waals surface area contributed by atoms with Crippen molar-refractivity contribution in [2.75, 3.05) is 11.9 Å². The average Bonchev–Trinajstić information content (AvgIpc) is 3.06. The molecule has 2 N–H and O–H groups in total. The van der Waals surface area contributed by atoms with Gasteiger partial charge in [-0.1, -0.05) is 18.2 Å². The Kier molecular flexibility index (Phi) is 5.12. The topological polar surface area (TPSA) is 66.9 Å². The molecule has 7 heteroatoms. The Morgan fingerprint density at radius 3 is 2.75 bits per heavy atom. The lowest BCUT2D eigenvalue weighted by Gasteiger charge is -2.03. The monoisotopic (exact) mass is 342 g/mol. The lowest BCUT2D eigenvalue weighted by atomic mass is 10.1. The molecule has 1 amide bonds. The molecule has 0 radical (unpaired) electrons. The maximum atomic E-state index is 12.8. The predicted molar refractivity (Wildman–Crippen MR) is 92.1 cm³/mol. The number of hydrogen-bond donors (Lipinski definition) is 2. The number of halogens is 1. The van der Waals surface area contributed by atoms with Crippen molar-refractivity contribution in [2.24, 2.45) is 0 Å². The Morgan fingerprint density at radius 1 is 1.17 bits per heavy atom. The molecule has 0 aliphatic rings. The Balaban J connectivity index is 1.51. The first kappa shape index (κ1) is 16.1. The van der Waals surface area contributed by atoms with E-state index in [2.05, 4.69) is 20.6 Å². The van der Waals surface area contributed by atoms with Crippen molar-refractivity contribution in [3.05, 3.63) is 71.1 Å². The summed E-state index contributed by atoms with van der Waals surface area (Å²) >= 11 is 1.34. The molecule has 2 heterocycles. The van der Waals surface area contributed by atoms with Gasteiger partial charge in [0, 0.05) is 18.1 Å². The molecule has 5 nitrogen and oxygen atoms in total. The SMILES string of the molecule is O=C(NCCc1ccc(F)cc1)c1csc(Nc2ccccn2)n1. The quantitative estimate of drug-likeness (QED) is 0.720. The van der Waals surface area contributed by atoms with Gasteiger partial charge in [-0.25, -0.2) is 14.4 Å². The van der Waals surface area contributed by atoms with Gasteiger partial charge in [0.1, 0.15) is 17.3 Å². The van der Waals surface area contributed by atoms with Gasteiger partial charge in [0.15, 0.2) is 5.13 Å². The summed E-state index contributed by atoms with van der Waals surface area (Å²) in [5, 5.41) is 8.16. The molecule has 0 atom stereocenters. The van der Waals surface area contributed by atoms with Crippen LogP contribution in [-0.4, -0.2) is 22.4 Å². The number of nitrogens with one attached hydrogen (secondary N) is 2. The number of aromatic nitrogens is 2. The van der Waals surface area contributed by atoms with Gasteiger partial charge in [-0.3, -0.25) is 4.79 Å². The zero-order valence-electron chi connectivity index (χ0n) is 12.7. The highest BCUT2D eigenvalue weighted by Crippen LogP contribution is 2.19. The van der Waals surface area contributed by atoms with Crippen LogP contribution in [0.2, 0.25) is 0 Å². The summed E-state index contributed by atoms with van der Waals surface area (Å²) in [6.07, 6.45) is 2.31. The van der Waals surface area contributed by atoms with Gasteiger partial charge in [0.25, 0.3) is 5.91 Å². The van der Waals surface area contributed by atoms with Gasteiger partial charge in [0.05, 0.1) is 0 Å². The standard InChI is InChI=1S/C17H15FN4OS/c18-13-6-4-12(5-7-13)8-10-20-16(23)14-11-24-17(21-14)22-15-3-1-2-9-19-15/h1-7,9,11H,8,10H2,(H,20,23)(H,19,21,22). The lowest BCUT2D eigenvalue weighted by molar-refractivity contribution is 0.0950. The molecule has 0 bridgehead atoms. The molecule has 24 heavy (non-hydrogen) atoms. The number of benzene rings is 1. The lowest BCUT2D eigenvalue weighted by Crippen LogP contribution is -2.26. The van der Waals surface area contributed by atoms with Crippen LogP contribution < -0.4 is 10.6 Å². The van der Waals surface area contributed by atoms with E-state index < -0.39 is 0 Å². The number of thiazole rings is 1. The summed E-state index contributed by atoms with van der Waals surface area (Å²) in [4.78, 5) is 20.5. The van der Waals surface area contributed by atoms with E-state index in [1.807, 2.05) is 18.2 Å². The maximum Gasteiger partial charge on any atom is 0.270 e. The molecule has 0 saturated heterocycles. The van der Waals surface area contributed by atoms with Crippen molar-refractivity contribution in [3.8, 4) is 0 Å². The van der Waals surface area contributed by atoms with Crippen molar-refractivity contribution in [1.29, 1.82) is 0 Å². The molecule has 3 aromatic rings. The van der Waals surface area contributed by atoms with E-state index >= 15 is 0 Å². The number of rotatable bonds is 6. The van der Waals surface area contributed by atoms with Gasteiger partial charge >= 0.3 is 0 Å². The fourth-order valence-electron chi connectivity index (χ4n) is 2.04. The molecule has 122 valence electrons. The average molecular weight is 342 g/mol. The third-order valence-corrected chi connectivity index (χ3v) is 4.01. The number of carbonyl (C=O) groups is 1. The van der Waals surface area contributed by atoms with Crippen molar-refractivity contribution >= 4 is 28.2 Å². The van der Waals surface area contributed by atoms with Crippen LogP contribution >= 0.6 is 11.3 Å². The molecule has 1 aromatic carbocycles. The fourth-order valence-corrected chi connectivity index (χ4v) is 2.74. The molecule has 0 unspecified atom stereocenters. The first-order valence-corrected chi connectivity index (χ1v) is 8.25. The third-order valence-electron chi connectivity index (χ3n) is 3.25. The third kappa shape index (κ3) is 4.36. The maximum absolute atomic E-state index is 12.8. The second kappa shape index (κ2) is 7.65. The number of hydrogen-bond acceptors (Lipinski definition) is 5. The van der Waals surface area contributed by atoms with E-state index in [1.54, 1.807) is 23.7 Å². The summed E-state index contributed by atoms with van der Waals surface area (Å²) in [6, 6.07) is 11.8. The van der Waals surface area contributed by atoms with Crippen LogP contribution in [0.25, 0.3) is 0 Å². The number of anilines is 2. The van der Waals surface area contributed by atoms with E-state index in [-0.39, 0.29) is 11.7 Å². The van der Waals surface area contributed by atoms with E-state index in [0.29, 0.717) is 29.6 Å². The summed E-state index contributed by atoms with van der Waals surface area (Å²) in [5.74, 6) is 0.177. The molecule has 2 aromatic heterocycles. The molecule has 0 fully saturated rings. The first-order chi connectivity index (χ1) is 11.7. The number of pyridine rings is 1. The molecule has 0 aliphatic carbocycles. The van der Waals surface area contributed by atoms with Crippen LogP contribution in [0.1, 0.15) is 16.1 Å². The highest BCUT2D eigenvalue weighted by atomic mass is 32.1. The largest absolute Gasteiger partial charge is 0.350 e. The minimum Gasteiger partial charge on any atom is -0.350 e. The summed E-state index contributed by atoms with van der Waals surface area (Å²) in [6.45, 7) is 0.463. The zero-order chi connectivity index (χ0) is 16.8. The molecule has 0 aliphatic heterocycles. The minimum atomic E-state index is -0.266. The normalized spacial score (nSPS) is 10.4. The first-order valence-electron chi connectivity index (χ1n) is 7.37. The van der Waals surface area contributed by atoms with Crippen LogP contribution in [-0.2, 0) is 6.42 Å². The Morgan fingerprint density at radius 2 is 2.00 bits per heavy atom. The van der Waals surface area contributed by atoms with Crippen LogP contribution in [0, 0.1) is 5.82 Å². The van der Waals surface area contributed by atoms with E-state index in [0.717, 1.165) is 5.56 Å². The molecule has 0 spiro atoms. The molecular formula is C17H15FN4OS. The Bertz CT molecular complexity index is 805. The van der Waals surface area contributed by atoms with Crippen LogP contribution in [0.3, 0.4) is 0 Å². The highest BCUT2D eigenvalue weighted by molar-refractivity contribution is 7.14.